The Balaban J connectivity index is 2.72. The maximum Gasteiger partial charge on any atom is 0.253 e. The van der Waals surface area contributed by atoms with E-state index in [2.05, 4.69) is 26.1 Å². The molecular weight excluding hydrogens is 270 g/mol. The van der Waals surface area contributed by atoms with Crippen molar-refractivity contribution in [2.24, 2.45) is 7.05 Å². The molecule has 0 saturated heterocycles. The van der Waals surface area contributed by atoms with Crippen LogP contribution in [0.2, 0.25) is 0 Å². The molecule has 0 atom stereocenters. The molecule has 2 heteroatoms. The molecule has 1 aromatic heterocycles. The summed E-state index contributed by atoms with van der Waals surface area (Å²) in [5.74, 6) is 0.624. The molecule has 1 rings (SSSR count). The fraction of sp³-hybridized carbons (Fsp3) is 0.750. The quantitative estimate of drug-likeness (QED) is 0.479. The molecule has 0 amide bonds. The van der Waals surface area contributed by atoms with Gasteiger partial charge in [-0.1, -0.05) is 65.2 Å². The number of pyridine rings is 1. The van der Waals surface area contributed by atoms with E-state index in [-0.39, 0.29) is 5.56 Å². The lowest BCUT2D eigenvalue weighted by Crippen LogP contribution is -2.20. The lowest BCUT2D eigenvalue weighted by molar-refractivity contribution is 0.493. The van der Waals surface area contributed by atoms with Crippen molar-refractivity contribution in [2.45, 2.75) is 90.9 Å². The smallest absolute Gasteiger partial charge is 0.253 e. The Morgan fingerprint density at radius 1 is 0.955 bits per heavy atom. The van der Waals surface area contributed by atoms with Gasteiger partial charge >= 0.3 is 0 Å². The zero-order chi connectivity index (χ0) is 16.4. The van der Waals surface area contributed by atoms with E-state index in [1.54, 1.807) is 4.57 Å². The van der Waals surface area contributed by atoms with Gasteiger partial charge in [0.1, 0.15) is 0 Å². The summed E-state index contributed by atoms with van der Waals surface area (Å²) in [5.41, 5.74) is 2.39. The number of hydrogen-bond donors (Lipinski definition) is 0. The van der Waals surface area contributed by atoms with Crippen LogP contribution in [-0.2, 0) is 7.05 Å². The van der Waals surface area contributed by atoms with E-state index >= 15 is 0 Å². The minimum absolute atomic E-state index is 0.138. The summed E-state index contributed by atoms with van der Waals surface area (Å²) in [6.07, 6.45) is 15.2. The molecule has 1 aromatic rings. The molecule has 0 aliphatic rings. The van der Waals surface area contributed by atoms with Gasteiger partial charge in [0, 0.05) is 18.8 Å². The molecule has 22 heavy (non-hydrogen) atoms. The molecule has 0 unspecified atom stereocenters. The molecule has 0 aromatic carbocycles. The number of aryl methyl sites for hydroxylation is 2. The van der Waals surface area contributed by atoms with Gasteiger partial charge in [-0.3, -0.25) is 4.79 Å². The zero-order valence-electron chi connectivity index (χ0n) is 15.2. The first-order valence-corrected chi connectivity index (χ1v) is 9.27. The third kappa shape index (κ3) is 6.37. The van der Waals surface area contributed by atoms with Crippen molar-refractivity contribution in [3.05, 3.63) is 33.7 Å². The summed E-state index contributed by atoms with van der Waals surface area (Å²) < 4.78 is 1.76. The highest BCUT2D eigenvalue weighted by atomic mass is 16.1. The topological polar surface area (TPSA) is 22.0 Å². The highest BCUT2D eigenvalue weighted by Gasteiger charge is 2.13. The standard InChI is InChI=1S/C20H35NO/c1-5-7-9-11-13-18(14-12-10-8-6-2)19-15-17(3)20(22)21(4)16-19/h15-16,18H,5-14H2,1-4H3. The third-order valence-corrected chi connectivity index (χ3v) is 4.67. The second kappa shape index (κ2) is 10.6. The van der Waals surface area contributed by atoms with Crippen LogP contribution in [0.25, 0.3) is 0 Å². The highest BCUT2D eigenvalue weighted by molar-refractivity contribution is 5.21. The van der Waals surface area contributed by atoms with Gasteiger partial charge in [-0.15, -0.1) is 0 Å². The summed E-state index contributed by atoms with van der Waals surface area (Å²) >= 11 is 0. The fourth-order valence-corrected chi connectivity index (χ4v) is 3.25. The first-order valence-electron chi connectivity index (χ1n) is 9.27. The number of rotatable bonds is 11. The van der Waals surface area contributed by atoms with Gasteiger partial charge in [-0.25, -0.2) is 0 Å². The molecule has 0 aliphatic carbocycles. The molecule has 0 radical (unpaired) electrons. The Morgan fingerprint density at radius 3 is 1.95 bits per heavy atom. The monoisotopic (exact) mass is 305 g/mol. The molecule has 0 aliphatic heterocycles. The van der Waals surface area contributed by atoms with Gasteiger partial charge in [0.15, 0.2) is 0 Å². The van der Waals surface area contributed by atoms with E-state index in [0.717, 1.165) is 5.56 Å². The summed E-state index contributed by atoms with van der Waals surface area (Å²) in [7, 11) is 1.88. The second-order valence-electron chi connectivity index (χ2n) is 6.77. The summed E-state index contributed by atoms with van der Waals surface area (Å²) in [4.78, 5) is 11.9. The summed E-state index contributed by atoms with van der Waals surface area (Å²) in [6, 6.07) is 2.13. The predicted octanol–water partition coefficient (Wildman–Crippen LogP) is 5.72. The first-order chi connectivity index (χ1) is 10.6. The Labute approximate surface area is 136 Å². The minimum Gasteiger partial charge on any atom is -0.318 e. The Bertz CT molecular complexity index is 437. The molecule has 1 heterocycles. The average Bonchev–Trinajstić information content (AvgIpc) is 2.50. The molecule has 126 valence electrons. The molecule has 0 fully saturated rings. The van der Waals surface area contributed by atoms with Crippen LogP contribution in [0.4, 0.5) is 0 Å². The molecule has 0 saturated carbocycles. The Hall–Kier alpha value is -1.05. The van der Waals surface area contributed by atoms with E-state index < -0.39 is 0 Å². The van der Waals surface area contributed by atoms with E-state index in [1.165, 1.54) is 69.8 Å². The molecule has 0 bridgehead atoms. The number of unbranched alkanes of at least 4 members (excludes halogenated alkanes) is 6. The van der Waals surface area contributed by atoms with E-state index in [0.29, 0.717) is 5.92 Å². The first kappa shape index (κ1) is 19.0. The van der Waals surface area contributed by atoms with Crippen molar-refractivity contribution in [3.8, 4) is 0 Å². The van der Waals surface area contributed by atoms with Crippen molar-refractivity contribution in [2.75, 3.05) is 0 Å². The van der Waals surface area contributed by atoms with Crippen LogP contribution in [0.1, 0.15) is 95.1 Å². The zero-order valence-corrected chi connectivity index (χ0v) is 15.2. The normalized spacial score (nSPS) is 11.3. The maximum absolute atomic E-state index is 11.9. The van der Waals surface area contributed by atoms with Gasteiger partial charge in [-0.05, 0) is 37.3 Å². The van der Waals surface area contributed by atoms with Crippen LogP contribution in [-0.4, -0.2) is 4.57 Å². The fourth-order valence-electron chi connectivity index (χ4n) is 3.25. The van der Waals surface area contributed by atoms with Gasteiger partial charge in [0.2, 0.25) is 0 Å². The van der Waals surface area contributed by atoms with Crippen molar-refractivity contribution in [1.82, 2.24) is 4.57 Å². The van der Waals surface area contributed by atoms with Crippen molar-refractivity contribution >= 4 is 0 Å². The van der Waals surface area contributed by atoms with Crippen molar-refractivity contribution in [3.63, 3.8) is 0 Å². The van der Waals surface area contributed by atoms with Gasteiger partial charge in [-0.2, -0.15) is 0 Å². The molecular formula is C20H35NO. The molecule has 0 spiro atoms. The third-order valence-electron chi connectivity index (χ3n) is 4.67. The molecule has 0 N–H and O–H groups in total. The van der Waals surface area contributed by atoms with Crippen molar-refractivity contribution < 1.29 is 0 Å². The highest BCUT2D eigenvalue weighted by Crippen LogP contribution is 2.28. The van der Waals surface area contributed by atoms with E-state index in [4.69, 9.17) is 0 Å². The second-order valence-corrected chi connectivity index (χ2v) is 6.77. The van der Waals surface area contributed by atoms with Crippen LogP contribution in [0.3, 0.4) is 0 Å². The number of aromatic nitrogens is 1. The Kier molecular flexibility index (Phi) is 9.19. The lowest BCUT2D eigenvalue weighted by Gasteiger charge is -2.19. The van der Waals surface area contributed by atoms with Crippen LogP contribution >= 0.6 is 0 Å². The van der Waals surface area contributed by atoms with Crippen LogP contribution in [0.5, 0.6) is 0 Å². The number of nitrogens with zero attached hydrogens (tertiary/aromatic N) is 1. The lowest BCUT2D eigenvalue weighted by atomic mass is 9.88. The Morgan fingerprint density at radius 2 is 1.50 bits per heavy atom. The predicted molar refractivity (Wildman–Crippen MR) is 96.7 cm³/mol. The van der Waals surface area contributed by atoms with Crippen molar-refractivity contribution in [1.29, 1.82) is 0 Å². The van der Waals surface area contributed by atoms with Crippen LogP contribution < -0.4 is 5.56 Å². The van der Waals surface area contributed by atoms with Gasteiger partial charge < -0.3 is 4.57 Å². The average molecular weight is 306 g/mol. The molecule has 2 nitrogen and oxygen atoms in total. The van der Waals surface area contributed by atoms with Gasteiger partial charge in [0.25, 0.3) is 5.56 Å². The SMILES string of the molecule is CCCCCCC(CCCCCC)c1cc(C)c(=O)n(C)c1. The van der Waals surface area contributed by atoms with Crippen LogP contribution in [0, 0.1) is 6.92 Å². The largest absolute Gasteiger partial charge is 0.318 e. The van der Waals surface area contributed by atoms with Gasteiger partial charge in [0.05, 0.1) is 0 Å². The summed E-state index contributed by atoms with van der Waals surface area (Å²) in [5, 5.41) is 0. The minimum atomic E-state index is 0.138. The summed E-state index contributed by atoms with van der Waals surface area (Å²) in [6.45, 7) is 6.47. The maximum atomic E-state index is 11.9. The van der Waals surface area contributed by atoms with Crippen LogP contribution in [0.15, 0.2) is 17.1 Å². The van der Waals surface area contributed by atoms with E-state index in [1.807, 2.05) is 14.0 Å². The van der Waals surface area contributed by atoms with E-state index in [9.17, 15) is 4.79 Å². The number of hydrogen-bond acceptors (Lipinski definition) is 1.